The first-order valence-electron chi connectivity index (χ1n) is 4.64. The molecule has 1 aliphatic heterocycles. The molecule has 76 valence electrons. The van der Waals surface area contributed by atoms with Gasteiger partial charge in [-0.3, -0.25) is 14.4 Å². The summed E-state index contributed by atoms with van der Waals surface area (Å²) in [7, 11) is 0. The SMILES string of the molecule is CC#CCCCON1C(=O)CCC1=O. The number of carbonyl (C=O) groups is 2. The molecule has 0 aliphatic carbocycles. The fraction of sp³-hybridized carbons (Fsp3) is 0.600. The zero-order valence-corrected chi connectivity index (χ0v) is 8.21. The number of rotatable bonds is 4. The highest BCUT2D eigenvalue weighted by Gasteiger charge is 2.29. The van der Waals surface area contributed by atoms with Crippen LogP contribution in [-0.4, -0.2) is 23.5 Å². The third kappa shape index (κ3) is 2.86. The molecule has 0 aromatic heterocycles. The van der Waals surface area contributed by atoms with Gasteiger partial charge in [-0.1, -0.05) is 0 Å². The van der Waals surface area contributed by atoms with Crippen molar-refractivity contribution in [2.45, 2.75) is 32.6 Å². The van der Waals surface area contributed by atoms with Crippen molar-refractivity contribution >= 4 is 11.8 Å². The summed E-state index contributed by atoms with van der Waals surface area (Å²) in [5, 5.41) is 0.874. The number of imide groups is 1. The van der Waals surface area contributed by atoms with Gasteiger partial charge in [-0.15, -0.1) is 11.8 Å². The van der Waals surface area contributed by atoms with Crippen molar-refractivity contribution in [2.75, 3.05) is 6.61 Å². The molecular weight excluding hydrogens is 182 g/mol. The predicted octanol–water partition coefficient (Wildman–Crippen LogP) is 0.871. The molecule has 0 aromatic carbocycles. The van der Waals surface area contributed by atoms with Crippen molar-refractivity contribution in [3.8, 4) is 11.8 Å². The predicted molar refractivity (Wildman–Crippen MR) is 49.7 cm³/mol. The molecule has 0 N–H and O–H groups in total. The van der Waals surface area contributed by atoms with Crippen LogP contribution in [0.15, 0.2) is 0 Å². The second-order valence-corrected chi connectivity index (χ2v) is 2.95. The number of carbonyl (C=O) groups excluding carboxylic acids is 2. The lowest BCUT2D eigenvalue weighted by molar-refractivity contribution is -0.187. The monoisotopic (exact) mass is 195 g/mol. The zero-order chi connectivity index (χ0) is 10.4. The quantitative estimate of drug-likeness (QED) is 0.380. The maximum absolute atomic E-state index is 11.1. The summed E-state index contributed by atoms with van der Waals surface area (Å²) < 4.78 is 0. The molecule has 0 spiro atoms. The topological polar surface area (TPSA) is 46.6 Å². The summed E-state index contributed by atoms with van der Waals surface area (Å²) in [6, 6.07) is 0. The molecule has 0 atom stereocenters. The zero-order valence-electron chi connectivity index (χ0n) is 8.21. The van der Waals surface area contributed by atoms with Crippen molar-refractivity contribution in [1.29, 1.82) is 0 Å². The van der Waals surface area contributed by atoms with Crippen molar-refractivity contribution in [1.82, 2.24) is 5.06 Å². The molecule has 1 aliphatic rings. The summed E-state index contributed by atoms with van der Waals surface area (Å²) in [6.45, 7) is 2.14. The van der Waals surface area contributed by atoms with Gasteiger partial charge >= 0.3 is 0 Å². The summed E-state index contributed by atoms with van der Waals surface area (Å²) in [4.78, 5) is 27.2. The summed E-state index contributed by atoms with van der Waals surface area (Å²) in [5.74, 6) is 5.16. The fourth-order valence-corrected chi connectivity index (χ4v) is 1.14. The van der Waals surface area contributed by atoms with Gasteiger partial charge in [-0.05, 0) is 13.3 Å². The van der Waals surface area contributed by atoms with Gasteiger partial charge in [0.2, 0.25) is 0 Å². The minimum atomic E-state index is -0.239. The minimum absolute atomic E-state index is 0.239. The van der Waals surface area contributed by atoms with Crippen molar-refractivity contribution in [3.05, 3.63) is 0 Å². The first-order valence-corrected chi connectivity index (χ1v) is 4.64. The molecule has 4 nitrogen and oxygen atoms in total. The smallest absolute Gasteiger partial charge is 0.253 e. The molecule has 2 amide bonds. The molecule has 0 unspecified atom stereocenters. The van der Waals surface area contributed by atoms with Gasteiger partial charge in [-0.25, -0.2) is 0 Å². The fourth-order valence-electron chi connectivity index (χ4n) is 1.14. The van der Waals surface area contributed by atoms with Crippen molar-refractivity contribution in [3.63, 3.8) is 0 Å². The van der Waals surface area contributed by atoms with Crippen molar-refractivity contribution in [2.24, 2.45) is 0 Å². The second-order valence-electron chi connectivity index (χ2n) is 2.95. The number of nitrogens with zero attached hydrogens (tertiary/aromatic N) is 1. The Balaban J connectivity index is 2.19. The van der Waals surface area contributed by atoms with Crippen LogP contribution in [0.4, 0.5) is 0 Å². The minimum Gasteiger partial charge on any atom is -0.272 e. The van der Waals surface area contributed by atoms with Gasteiger partial charge in [0.25, 0.3) is 11.8 Å². The summed E-state index contributed by atoms with van der Waals surface area (Å²) >= 11 is 0. The molecule has 1 heterocycles. The summed E-state index contributed by atoms with van der Waals surface area (Å²) in [5.41, 5.74) is 0. The lowest BCUT2D eigenvalue weighted by Crippen LogP contribution is -2.29. The van der Waals surface area contributed by atoms with Gasteiger partial charge in [0.05, 0.1) is 6.61 Å². The van der Waals surface area contributed by atoms with Crippen LogP contribution in [-0.2, 0) is 14.4 Å². The van der Waals surface area contributed by atoms with Crippen LogP contribution in [0.1, 0.15) is 32.6 Å². The van der Waals surface area contributed by atoms with E-state index in [1.54, 1.807) is 6.92 Å². The molecule has 0 bridgehead atoms. The van der Waals surface area contributed by atoms with E-state index >= 15 is 0 Å². The average Bonchev–Trinajstić information content (AvgIpc) is 2.48. The summed E-state index contributed by atoms with van der Waals surface area (Å²) in [6.07, 6.45) is 2.01. The Labute approximate surface area is 83.2 Å². The number of hydroxylamine groups is 2. The lowest BCUT2D eigenvalue weighted by Gasteiger charge is -2.12. The maximum Gasteiger partial charge on any atom is 0.253 e. The van der Waals surface area contributed by atoms with Crippen LogP contribution in [0.5, 0.6) is 0 Å². The van der Waals surface area contributed by atoms with E-state index in [1.165, 1.54) is 0 Å². The van der Waals surface area contributed by atoms with E-state index in [-0.39, 0.29) is 24.7 Å². The molecule has 1 rings (SSSR count). The van der Waals surface area contributed by atoms with E-state index < -0.39 is 0 Å². The highest BCUT2D eigenvalue weighted by Crippen LogP contribution is 2.12. The molecule has 0 aromatic rings. The number of amides is 2. The highest BCUT2D eigenvalue weighted by molar-refractivity contribution is 6.00. The van der Waals surface area contributed by atoms with Crippen LogP contribution >= 0.6 is 0 Å². The Kier molecular flexibility index (Phi) is 4.14. The van der Waals surface area contributed by atoms with E-state index in [4.69, 9.17) is 4.84 Å². The normalized spacial score (nSPS) is 15.6. The molecule has 0 saturated carbocycles. The number of hydrogen-bond donors (Lipinski definition) is 0. The van der Waals surface area contributed by atoms with E-state index in [0.29, 0.717) is 6.61 Å². The Bertz CT molecular complexity index is 271. The van der Waals surface area contributed by atoms with E-state index in [1.807, 2.05) is 0 Å². The standard InChI is InChI=1S/C10H13NO3/c1-2-3-4-5-8-14-11-9(12)6-7-10(11)13/h4-8H2,1H3. The third-order valence-corrected chi connectivity index (χ3v) is 1.85. The maximum atomic E-state index is 11.1. The van der Waals surface area contributed by atoms with Gasteiger partial charge in [0.15, 0.2) is 0 Å². The molecule has 14 heavy (non-hydrogen) atoms. The Hall–Kier alpha value is -1.34. The number of unbranched alkanes of at least 4 members (excludes halogenated alkanes) is 1. The van der Waals surface area contributed by atoms with Gasteiger partial charge in [-0.2, -0.15) is 5.06 Å². The second kappa shape index (κ2) is 5.40. The van der Waals surface area contributed by atoms with Gasteiger partial charge in [0.1, 0.15) is 0 Å². The van der Waals surface area contributed by atoms with Crippen LogP contribution in [0.2, 0.25) is 0 Å². The Morgan fingerprint density at radius 2 is 2.00 bits per heavy atom. The first-order chi connectivity index (χ1) is 6.75. The van der Waals surface area contributed by atoms with Crippen LogP contribution < -0.4 is 0 Å². The lowest BCUT2D eigenvalue weighted by atomic mass is 10.3. The van der Waals surface area contributed by atoms with Crippen LogP contribution in [0.3, 0.4) is 0 Å². The Morgan fingerprint density at radius 3 is 2.57 bits per heavy atom. The molecule has 4 heteroatoms. The molecular formula is C10H13NO3. The van der Waals surface area contributed by atoms with E-state index in [2.05, 4.69) is 11.8 Å². The third-order valence-electron chi connectivity index (χ3n) is 1.85. The van der Waals surface area contributed by atoms with Crippen molar-refractivity contribution < 1.29 is 14.4 Å². The van der Waals surface area contributed by atoms with Gasteiger partial charge < -0.3 is 0 Å². The number of hydrogen-bond acceptors (Lipinski definition) is 3. The van der Waals surface area contributed by atoms with Crippen LogP contribution in [0.25, 0.3) is 0 Å². The Morgan fingerprint density at radius 1 is 1.36 bits per heavy atom. The van der Waals surface area contributed by atoms with E-state index in [9.17, 15) is 9.59 Å². The molecule has 1 saturated heterocycles. The van der Waals surface area contributed by atoms with Gasteiger partial charge in [0, 0.05) is 19.3 Å². The largest absolute Gasteiger partial charge is 0.272 e. The molecule has 1 fully saturated rings. The average molecular weight is 195 g/mol. The molecule has 0 radical (unpaired) electrons. The first kappa shape index (κ1) is 10.7. The highest BCUT2D eigenvalue weighted by atomic mass is 16.7. The van der Waals surface area contributed by atoms with Crippen LogP contribution in [0, 0.1) is 11.8 Å². The van der Waals surface area contributed by atoms with E-state index in [0.717, 1.165) is 17.9 Å².